The summed E-state index contributed by atoms with van der Waals surface area (Å²) in [5.74, 6) is 0. The number of fused-ring (bicyclic) bond motifs is 1. The maximum absolute atomic E-state index is 5.91. The minimum absolute atomic E-state index is 0.675. The number of halogens is 2. The van der Waals surface area contributed by atoms with Crippen LogP contribution in [0.15, 0.2) is 6.07 Å². The summed E-state index contributed by atoms with van der Waals surface area (Å²) < 4.78 is 7.73. The van der Waals surface area contributed by atoms with Gasteiger partial charge in [-0.3, -0.25) is 0 Å². The number of hydrogen-bond acceptors (Lipinski definition) is 2. The van der Waals surface area contributed by atoms with Crippen LogP contribution in [0.25, 0.3) is 0 Å². The molecule has 0 saturated carbocycles. The first-order valence-electron chi connectivity index (χ1n) is 3.53. The van der Waals surface area contributed by atoms with Crippen LogP contribution in [0.2, 0.25) is 0 Å². The van der Waals surface area contributed by atoms with Gasteiger partial charge in [-0.25, -0.2) is 0 Å². The van der Waals surface area contributed by atoms with Crippen molar-refractivity contribution in [2.24, 2.45) is 0 Å². The Morgan fingerprint density at radius 2 is 1.83 bits per heavy atom. The van der Waals surface area contributed by atoms with Crippen molar-refractivity contribution in [1.82, 2.24) is 0 Å². The third kappa shape index (κ3) is 1.33. The van der Waals surface area contributed by atoms with Gasteiger partial charge in [-0.2, -0.15) is 0 Å². The second-order valence-corrected chi connectivity index (χ2v) is 5.03. The quantitative estimate of drug-likeness (QED) is 0.549. The highest BCUT2D eigenvalue weighted by molar-refractivity contribution is 14.1. The zero-order valence-electron chi connectivity index (χ0n) is 6.23. The molecule has 2 rings (SSSR count). The summed E-state index contributed by atoms with van der Waals surface area (Å²) in [5.41, 5.74) is 9.26. The van der Waals surface area contributed by atoms with Crippen LogP contribution in [0.3, 0.4) is 0 Å². The van der Waals surface area contributed by atoms with Crippen molar-refractivity contribution in [1.29, 1.82) is 0 Å². The molecule has 0 saturated heterocycles. The number of ether oxygens (including phenoxy) is 1. The summed E-state index contributed by atoms with van der Waals surface area (Å²) in [6, 6.07) is 2.10. The van der Waals surface area contributed by atoms with Gasteiger partial charge in [0.25, 0.3) is 0 Å². The molecule has 0 atom stereocenters. The van der Waals surface area contributed by atoms with E-state index in [9.17, 15) is 0 Å². The Morgan fingerprint density at radius 3 is 2.58 bits per heavy atom. The fraction of sp³-hybridized carbons (Fsp3) is 0.250. The zero-order chi connectivity index (χ0) is 8.72. The van der Waals surface area contributed by atoms with Crippen LogP contribution in [-0.2, 0) is 18.0 Å². The van der Waals surface area contributed by atoms with Gasteiger partial charge in [-0.05, 0) is 56.8 Å². The van der Waals surface area contributed by atoms with Crippen molar-refractivity contribution in [3.8, 4) is 0 Å². The van der Waals surface area contributed by atoms with E-state index in [-0.39, 0.29) is 0 Å². The summed E-state index contributed by atoms with van der Waals surface area (Å²) in [5, 5.41) is 0. The lowest BCUT2D eigenvalue weighted by Crippen LogP contribution is -1.98. The van der Waals surface area contributed by atoms with E-state index < -0.39 is 0 Å². The van der Waals surface area contributed by atoms with Gasteiger partial charge in [-0.1, -0.05) is 0 Å². The van der Waals surface area contributed by atoms with Crippen LogP contribution in [0, 0.1) is 7.14 Å². The molecule has 1 aliphatic rings. The van der Waals surface area contributed by atoms with E-state index in [1.807, 2.05) is 0 Å². The van der Waals surface area contributed by atoms with Gasteiger partial charge >= 0.3 is 0 Å². The first kappa shape index (κ1) is 9.01. The number of nitrogen functional groups attached to an aromatic ring is 1. The van der Waals surface area contributed by atoms with Crippen LogP contribution < -0.4 is 5.73 Å². The largest absolute Gasteiger partial charge is 0.398 e. The molecule has 1 aromatic carbocycles. The van der Waals surface area contributed by atoms with Crippen LogP contribution in [0.5, 0.6) is 0 Å². The second-order valence-electron chi connectivity index (χ2n) is 2.70. The van der Waals surface area contributed by atoms with Crippen molar-refractivity contribution in [2.75, 3.05) is 5.73 Å². The molecule has 12 heavy (non-hydrogen) atoms. The number of nitrogens with two attached hydrogens (primary N) is 1. The van der Waals surface area contributed by atoms with Crippen LogP contribution >= 0.6 is 45.2 Å². The average molecular weight is 387 g/mol. The van der Waals surface area contributed by atoms with E-state index in [0.29, 0.717) is 13.2 Å². The van der Waals surface area contributed by atoms with Gasteiger partial charge in [0.2, 0.25) is 0 Å². The maximum atomic E-state index is 5.91. The summed E-state index contributed by atoms with van der Waals surface area (Å²) in [7, 11) is 0. The number of hydrogen-bond donors (Lipinski definition) is 1. The Labute approximate surface area is 98.1 Å². The van der Waals surface area contributed by atoms with E-state index in [2.05, 4.69) is 51.2 Å². The minimum atomic E-state index is 0.675. The molecule has 0 aromatic heterocycles. The first-order chi connectivity index (χ1) is 5.70. The molecule has 0 aliphatic carbocycles. The smallest absolute Gasteiger partial charge is 0.0745 e. The lowest BCUT2D eigenvalue weighted by atomic mass is 10.1. The first-order valence-corrected chi connectivity index (χ1v) is 5.69. The molecule has 1 aromatic rings. The van der Waals surface area contributed by atoms with Crippen molar-refractivity contribution in [2.45, 2.75) is 13.2 Å². The lowest BCUT2D eigenvalue weighted by molar-refractivity contribution is 0.134. The van der Waals surface area contributed by atoms with Crippen LogP contribution in [0.4, 0.5) is 5.69 Å². The third-order valence-electron chi connectivity index (χ3n) is 1.98. The van der Waals surface area contributed by atoms with Crippen molar-refractivity contribution in [3.05, 3.63) is 24.3 Å². The van der Waals surface area contributed by atoms with Gasteiger partial charge in [0.05, 0.1) is 18.9 Å². The average Bonchev–Trinajstić information content (AvgIpc) is 2.48. The topological polar surface area (TPSA) is 35.2 Å². The highest BCUT2D eigenvalue weighted by Gasteiger charge is 2.18. The molecule has 4 heteroatoms. The molecule has 1 aliphatic heterocycles. The van der Waals surface area contributed by atoms with Crippen molar-refractivity contribution < 1.29 is 4.74 Å². The van der Waals surface area contributed by atoms with Gasteiger partial charge < -0.3 is 10.5 Å². The molecular weight excluding hydrogens is 380 g/mol. The Balaban J connectivity index is 2.69. The van der Waals surface area contributed by atoms with Crippen LogP contribution in [-0.4, -0.2) is 0 Å². The SMILES string of the molecule is Nc1c(I)cc(I)c2c1COC2. The van der Waals surface area contributed by atoms with Gasteiger partial charge in [0.15, 0.2) is 0 Å². The summed E-state index contributed by atoms with van der Waals surface area (Å²) in [6.07, 6.45) is 0. The predicted octanol–water partition coefficient (Wildman–Crippen LogP) is 2.51. The summed E-state index contributed by atoms with van der Waals surface area (Å²) in [6.45, 7) is 1.39. The van der Waals surface area contributed by atoms with Gasteiger partial charge in [-0.15, -0.1) is 0 Å². The zero-order valence-corrected chi connectivity index (χ0v) is 10.5. The second kappa shape index (κ2) is 3.30. The lowest BCUT2D eigenvalue weighted by Gasteiger charge is -2.06. The van der Waals surface area contributed by atoms with Crippen molar-refractivity contribution >= 4 is 50.9 Å². The summed E-state index contributed by atoms with van der Waals surface area (Å²) >= 11 is 4.59. The van der Waals surface area contributed by atoms with E-state index >= 15 is 0 Å². The standard InChI is InChI=1S/C8H7I2NO/c9-6-1-7(10)8(11)5-3-12-2-4(5)6/h1H,2-3,11H2. The van der Waals surface area contributed by atoms with Crippen molar-refractivity contribution in [3.63, 3.8) is 0 Å². The van der Waals surface area contributed by atoms with Crippen LogP contribution in [0.1, 0.15) is 11.1 Å². The monoisotopic (exact) mass is 387 g/mol. The molecule has 64 valence electrons. The molecular formula is C8H7I2NO. The molecule has 0 radical (unpaired) electrons. The highest BCUT2D eigenvalue weighted by atomic mass is 127. The predicted molar refractivity (Wildman–Crippen MR) is 64.8 cm³/mol. The number of benzene rings is 1. The minimum Gasteiger partial charge on any atom is -0.398 e. The van der Waals surface area contributed by atoms with E-state index in [1.165, 1.54) is 14.7 Å². The van der Waals surface area contributed by atoms with Gasteiger partial charge in [0.1, 0.15) is 0 Å². The Kier molecular flexibility index (Phi) is 2.48. The van der Waals surface area contributed by atoms with E-state index in [1.54, 1.807) is 0 Å². The third-order valence-corrected chi connectivity index (χ3v) is 3.84. The Hall–Kier alpha value is 0.440. The molecule has 0 fully saturated rings. The molecule has 2 nitrogen and oxygen atoms in total. The summed E-state index contributed by atoms with van der Waals surface area (Å²) in [4.78, 5) is 0. The fourth-order valence-corrected chi connectivity index (χ4v) is 3.33. The molecule has 0 amide bonds. The van der Waals surface area contributed by atoms with E-state index in [4.69, 9.17) is 10.5 Å². The van der Waals surface area contributed by atoms with E-state index in [0.717, 1.165) is 9.26 Å². The highest BCUT2D eigenvalue weighted by Crippen LogP contribution is 2.32. The Morgan fingerprint density at radius 1 is 1.17 bits per heavy atom. The van der Waals surface area contributed by atoms with Gasteiger partial charge in [0, 0.05) is 12.7 Å². The number of anilines is 1. The molecule has 0 unspecified atom stereocenters. The molecule has 0 spiro atoms. The molecule has 2 N–H and O–H groups in total. The molecule has 1 heterocycles. The fourth-order valence-electron chi connectivity index (χ4n) is 1.30. The number of rotatable bonds is 0. The normalized spacial score (nSPS) is 14.8. The Bertz CT molecular complexity index is 338. The molecule has 0 bridgehead atoms. The maximum Gasteiger partial charge on any atom is 0.0745 e.